The van der Waals surface area contributed by atoms with Gasteiger partial charge in [0.2, 0.25) is 0 Å². The molecule has 3 fully saturated rings. The van der Waals surface area contributed by atoms with Gasteiger partial charge in [0.05, 0.1) is 0 Å². The molecule has 2 saturated carbocycles. The third kappa shape index (κ3) is 1.70. The van der Waals surface area contributed by atoms with Crippen molar-refractivity contribution in [3.63, 3.8) is 0 Å². The van der Waals surface area contributed by atoms with Gasteiger partial charge >= 0.3 is 0 Å². The van der Waals surface area contributed by atoms with Gasteiger partial charge in [0, 0.05) is 6.04 Å². The number of hydrogen-bond acceptors (Lipinski definition) is 2. The van der Waals surface area contributed by atoms with Crippen molar-refractivity contribution in [3.05, 3.63) is 0 Å². The van der Waals surface area contributed by atoms with Gasteiger partial charge in [-0.1, -0.05) is 6.42 Å². The molecule has 2 aliphatic carbocycles. The lowest BCUT2D eigenvalue weighted by Crippen LogP contribution is -2.37. The Morgan fingerprint density at radius 2 is 2.14 bits per heavy atom. The highest BCUT2D eigenvalue weighted by Crippen LogP contribution is 2.44. The van der Waals surface area contributed by atoms with Crippen molar-refractivity contribution in [1.29, 1.82) is 0 Å². The standard InChI is InChI=1S/C12H22N2/c1-2-11-5-9(1)6-12(11)14-8-10-3-4-13-7-10/h9-14H,1-8H2. The Morgan fingerprint density at radius 1 is 1.14 bits per heavy atom. The molecule has 1 saturated heterocycles. The lowest BCUT2D eigenvalue weighted by molar-refractivity contribution is 0.333. The number of nitrogens with one attached hydrogen (secondary N) is 2. The molecule has 1 heterocycles. The minimum Gasteiger partial charge on any atom is -0.316 e. The predicted octanol–water partition coefficient (Wildman–Crippen LogP) is 1.37. The SMILES string of the molecule is C1CC(CNC2CC3CCC2C3)CN1. The van der Waals surface area contributed by atoms with Crippen LogP contribution in [0.5, 0.6) is 0 Å². The average Bonchev–Trinajstić information content (AvgIpc) is 2.91. The zero-order valence-corrected chi connectivity index (χ0v) is 8.97. The van der Waals surface area contributed by atoms with Crippen LogP contribution < -0.4 is 10.6 Å². The van der Waals surface area contributed by atoms with Gasteiger partial charge in [-0.05, 0) is 63.1 Å². The quantitative estimate of drug-likeness (QED) is 0.709. The summed E-state index contributed by atoms with van der Waals surface area (Å²) in [7, 11) is 0. The summed E-state index contributed by atoms with van der Waals surface area (Å²) in [5, 5.41) is 7.26. The molecule has 0 spiro atoms. The molecule has 0 aromatic carbocycles. The van der Waals surface area contributed by atoms with E-state index < -0.39 is 0 Å². The fraction of sp³-hybridized carbons (Fsp3) is 1.00. The second-order valence-corrected chi connectivity index (χ2v) is 5.55. The van der Waals surface area contributed by atoms with E-state index in [1.165, 1.54) is 51.7 Å². The van der Waals surface area contributed by atoms with Crippen molar-refractivity contribution in [3.8, 4) is 0 Å². The number of rotatable bonds is 3. The smallest absolute Gasteiger partial charge is 0.00981 e. The topological polar surface area (TPSA) is 24.1 Å². The molecule has 2 N–H and O–H groups in total. The van der Waals surface area contributed by atoms with Crippen molar-refractivity contribution in [2.75, 3.05) is 19.6 Å². The van der Waals surface area contributed by atoms with Crippen LogP contribution in [0.3, 0.4) is 0 Å². The molecule has 3 aliphatic rings. The molecule has 14 heavy (non-hydrogen) atoms. The fourth-order valence-corrected chi connectivity index (χ4v) is 3.70. The Labute approximate surface area is 86.8 Å². The summed E-state index contributed by atoms with van der Waals surface area (Å²) in [6, 6.07) is 0.884. The van der Waals surface area contributed by atoms with Gasteiger partial charge in [-0.2, -0.15) is 0 Å². The van der Waals surface area contributed by atoms with Crippen LogP contribution >= 0.6 is 0 Å². The van der Waals surface area contributed by atoms with E-state index in [2.05, 4.69) is 10.6 Å². The van der Waals surface area contributed by atoms with Crippen LogP contribution in [0.1, 0.15) is 32.1 Å². The van der Waals surface area contributed by atoms with E-state index in [1.807, 2.05) is 0 Å². The third-order valence-electron chi connectivity index (χ3n) is 4.57. The molecule has 0 aromatic rings. The molecule has 0 radical (unpaired) electrons. The first-order chi connectivity index (χ1) is 6.92. The molecule has 1 aliphatic heterocycles. The lowest BCUT2D eigenvalue weighted by Gasteiger charge is -2.24. The maximum Gasteiger partial charge on any atom is 0.00981 e. The summed E-state index contributed by atoms with van der Waals surface area (Å²) in [6.07, 6.45) is 7.41. The van der Waals surface area contributed by atoms with Gasteiger partial charge < -0.3 is 10.6 Å². The molecule has 2 heteroatoms. The Bertz CT molecular complexity index is 198. The van der Waals surface area contributed by atoms with Crippen molar-refractivity contribution < 1.29 is 0 Å². The summed E-state index contributed by atoms with van der Waals surface area (Å²) in [5.74, 6) is 3.03. The molecule has 0 amide bonds. The average molecular weight is 194 g/mol. The van der Waals surface area contributed by atoms with E-state index in [0.717, 1.165) is 23.8 Å². The summed E-state index contributed by atoms with van der Waals surface area (Å²) in [5.41, 5.74) is 0. The van der Waals surface area contributed by atoms with Gasteiger partial charge in [-0.15, -0.1) is 0 Å². The molecular weight excluding hydrogens is 172 g/mol. The minimum atomic E-state index is 0.884. The first-order valence-electron chi connectivity index (χ1n) is 6.36. The van der Waals surface area contributed by atoms with Crippen LogP contribution in [0.25, 0.3) is 0 Å². The zero-order chi connectivity index (χ0) is 9.38. The van der Waals surface area contributed by atoms with Crippen LogP contribution in [0, 0.1) is 17.8 Å². The second-order valence-electron chi connectivity index (χ2n) is 5.55. The van der Waals surface area contributed by atoms with E-state index in [-0.39, 0.29) is 0 Å². The van der Waals surface area contributed by atoms with Crippen LogP contribution in [-0.4, -0.2) is 25.7 Å². The van der Waals surface area contributed by atoms with Crippen molar-refractivity contribution in [2.24, 2.45) is 17.8 Å². The first kappa shape index (κ1) is 9.17. The zero-order valence-electron chi connectivity index (χ0n) is 8.97. The summed E-state index contributed by atoms with van der Waals surface area (Å²) in [6.45, 7) is 3.75. The van der Waals surface area contributed by atoms with Crippen LogP contribution in [-0.2, 0) is 0 Å². The van der Waals surface area contributed by atoms with E-state index in [1.54, 1.807) is 0 Å². The monoisotopic (exact) mass is 194 g/mol. The van der Waals surface area contributed by atoms with Gasteiger partial charge in [0.1, 0.15) is 0 Å². The molecule has 2 bridgehead atoms. The molecular formula is C12H22N2. The second kappa shape index (κ2) is 3.82. The van der Waals surface area contributed by atoms with Gasteiger partial charge in [-0.25, -0.2) is 0 Å². The van der Waals surface area contributed by atoms with Gasteiger partial charge in [-0.3, -0.25) is 0 Å². The van der Waals surface area contributed by atoms with E-state index in [9.17, 15) is 0 Å². The summed E-state index contributed by atoms with van der Waals surface area (Å²) < 4.78 is 0. The van der Waals surface area contributed by atoms with E-state index in [0.29, 0.717) is 0 Å². The molecule has 80 valence electrons. The molecule has 3 rings (SSSR count). The van der Waals surface area contributed by atoms with E-state index >= 15 is 0 Å². The van der Waals surface area contributed by atoms with Gasteiger partial charge in [0.25, 0.3) is 0 Å². The predicted molar refractivity (Wildman–Crippen MR) is 58.2 cm³/mol. The van der Waals surface area contributed by atoms with Crippen LogP contribution in [0.2, 0.25) is 0 Å². The fourth-order valence-electron chi connectivity index (χ4n) is 3.70. The summed E-state index contributed by atoms with van der Waals surface area (Å²) >= 11 is 0. The minimum absolute atomic E-state index is 0.884. The molecule has 4 unspecified atom stereocenters. The maximum atomic E-state index is 3.81. The molecule has 2 nitrogen and oxygen atoms in total. The first-order valence-corrected chi connectivity index (χ1v) is 6.36. The van der Waals surface area contributed by atoms with Crippen LogP contribution in [0.15, 0.2) is 0 Å². The maximum absolute atomic E-state index is 3.81. The van der Waals surface area contributed by atoms with Crippen molar-refractivity contribution >= 4 is 0 Å². The highest BCUT2D eigenvalue weighted by Gasteiger charge is 2.39. The largest absolute Gasteiger partial charge is 0.316 e. The van der Waals surface area contributed by atoms with E-state index in [4.69, 9.17) is 0 Å². The van der Waals surface area contributed by atoms with Crippen molar-refractivity contribution in [1.82, 2.24) is 10.6 Å². The lowest BCUT2D eigenvalue weighted by atomic mass is 9.95. The van der Waals surface area contributed by atoms with Crippen LogP contribution in [0.4, 0.5) is 0 Å². The third-order valence-corrected chi connectivity index (χ3v) is 4.57. The normalized spacial score (nSPS) is 46.3. The molecule has 0 aromatic heterocycles. The molecule has 4 atom stereocenters. The number of hydrogen-bond donors (Lipinski definition) is 2. The Morgan fingerprint density at radius 3 is 2.79 bits per heavy atom. The number of fused-ring (bicyclic) bond motifs is 2. The Kier molecular flexibility index (Phi) is 2.50. The van der Waals surface area contributed by atoms with Gasteiger partial charge in [0.15, 0.2) is 0 Å². The highest BCUT2D eigenvalue weighted by atomic mass is 15.0. The Hall–Kier alpha value is -0.0800. The highest BCUT2D eigenvalue weighted by molar-refractivity contribution is 4.94. The Balaban J connectivity index is 1.44. The van der Waals surface area contributed by atoms with Crippen molar-refractivity contribution in [2.45, 2.75) is 38.1 Å². The summed E-state index contributed by atoms with van der Waals surface area (Å²) in [4.78, 5) is 0.